The molecule has 1 amide bonds. The molecule has 0 unspecified atom stereocenters. The molecule has 5 nitrogen and oxygen atoms in total. The van der Waals surface area contributed by atoms with Crippen molar-refractivity contribution < 1.29 is 4.79 Å². The minimum atomic E-state index is -0.414. The first-order chi connectivity index (χ1) is 8.72. The zero-order valence-corrected chi connectivity index (χ0v) is 10.8. The van der Waals surface area contributed by atoms with Crippen LogP contribution in [0, 0.1) is 0 Å². The molecule has 0 saturated heterocycles. The maximum atomic E-state index is 11.5. The molecule has 2 rings (SSSR count). The van der Waals surface area contributed by atoms with Crippen molar-refractivity contribution in [3.8, 4) is 0 Å². The molecule has 4 N–H and O–H groups in total. The van der Waals surface area contributed by atoms with E-state index in [2.05, 4.69) is 15.6 Å². The summed E-state index contributed by atoms with van der Waals surface area (Å²) in [6.07, 6.45) is 4.33. The molecular weight excluding hydrogens is 228 g/mol. The van der Waals surface area contributed by atoms with Gasteiger partial charge in [-0.15, -0.1) is 0 Å². The van der Waals surface area contributed by atoms with Gasteiger partial charge in [-0.1, -0.05) is 0 Å². The number of carbonyl (C=O) groups is 1. The van der Waals surface area contributed by atoms with E-state index in [1.807, 2.05) is 13.1 Å². The quantitative estimate of drug-likeness (QED) is 0.670. The molecule has 1 aromatic rings. The summed E-state index contributed by atoms with van der Waals surface area (Å²) in [5.74, 6) is 0.209. The number of nitrogens with zero attached hydrogens (tertiary/aromatic N) is 1. The Morgan fingerprint density at radius 1 is 1.39 bits per heavy atom. The molecule has 1 aliphatic rings. The van der Waals surface area contributed by atoms with E-state index in [1.165, 1.54) is 18.4 Å². The van der Waals surface area contributed by atoms with Gasteiger partial charge in [0.05, 0.1) is 5.56 Å². The molecule has 0 aromatic carbocycles. The fraction of sp³-hybridized carbons (Fsp3) is 0.538. The van der Waals surface area contributed by atoms with Crippen molar-refractivity contribution in [3.05, 3.63) is 22.9 Å². The third-order valence-corrected chi connectivity index (χ3v) is 3.23. The molecule has 0 atom stereocenters. The number of amides is 1. The van der Waals surface area contributed by atoms with E-state index in [9.17, 15) is 4.79 Å². The summed E-state index contributed by atoms with van der Waals surface area (Å²) in [4.78, 5) is 16.0. The lowest BCUT2D eigenvalue weighted by atomic mass is 9.94. The number of hydrogen-bond acceptors (Lipinski definition) is 4. The zero-order valence-electron chi connectivity index (χ0n) is 10.8. The number of nitrogens with two attached hydrogens (primary N) is 1. The molecule has 0 fully saturated rings. The Kier molecular flexibility index (Phi) is 4.15. The fourth-order valence-corrected chi connectivity index (χ4v) is 2.26. The van der Waals surface area contributed by atoms with Gasteiger partial charge >= 0.3 is 0 Å². The van der Waals surface area contributed by atoms with Gasteiger partial charge < -0.3 is 16.4 Å². The standard InChI is InChI=1S/C13H20N4O/c1-15-6-7-16-13-10(12(14)18)8-9-4-2-3-5-11(9)17-13/h8,15H,2-7H2,1H3,(H2,14,18)(H,16,17). The normalized spacial score (nSPS) is 14.1. The highest BCUT2D eigenvalue weighted by molar-refractivity contribution is 5.97. The first-order valence-corrected chi connectivity index (χ1v) is 6.43. The van der Waals surface area contributed by atoms with E-state index in [1.54, 1.807) is 0 Å². The van der Waals surface area contributed by atoms with Gasteiger partial charge in [0.15, 0.2) is 0 Å². The SMILES string of the molecule is CNCCNc1nc2c(cc1C(N)=O)CCCC2. The first-order valence-electron chi connectivity index (χ1n) is 6.43. The Balaban J connectivity index is 2.27. The van der Waals surface area contributed by atoms with E-state index in [4.69, 9.17) is 5.73 Å². The van der Waals surface area contributed by atoms with Gasteiger partial charge in [-0.2, -0.15) is 0 Å². The number of nitrogens with one attached hydrogen (secondary N) is 2. The van der Waals surface area contributed by atoms with Crippen LogP contribution in [0.15, 0.2) is 6.07 Å². The Morgan fingerprint density at radius 2 is 2.17 bits per heavy atom. The molecule has 18 heavy (non-hydrogen) atoms. The van der Waals surface area contributed by atoms with Crippen molar-refractivity contribution in [1.29, 1.82) is 0 Å². The number of rotatable bonds is 5. The molecule has 0 saturated carbocycles. The lowest BCUT2D eigenvalue weighted by molar-refractivity contribution is 0.100. The van der Waals surface area contributed by atoms with Crippen LogP contribution < -0.4 is 16.4 Å². The van der Waals surface area contributed by atoms with Crippen LogP contribution in [0.25, 0.3) is 0 Å². The number of pyridine rings is 1. The second-order valence-electron chi connectivity index (χ2n) is 4.59. The summed E-state index contributed by atoms with van der Waals surface area (Å²) < 4.78 is 0. The lowest BCUT2D eigenvalue weighted by Crippen LogP contribution is -2.22. The van der Waals surface area contributed by atoms with Crippen LogP contribution in [0.2, 0.25) is 0 Å². The summed E-state index contributed by atoms with van der Waals surface area (Å²) in [7, 11) is 1.89. The molecule has 0 radical (unpaired) electrons. The van der Waals surface area contributed by atoms with E-state index in [0.29, 0.717) is 11.4 Å². The predicted octanol–water partition coefficient (Wildman–Crippen LogP) is 0.691. The van der Waals surface area contributed by atoms with Gasteiger partial charge in [-0.25, -0.2) is 4.98 Å². The fourth-order valence-electron chi connectivity index (χ4n) is 2.26. The van der Waals surface area contributed by atoms with Crippen LogP contribution in [0.5, 0.6) is 0 Å². The second-order valence-corrected chi connectivity index (χ2v) is 4.59. The van der Waals surface area contributed by atoms with E-state index in [0.717, 1.165) is 31.6 Å². The summed E-state index contributed by atoms with van der Waals surface area (Å²) >= 11 is 0. The summed E-state index contributed by atoms with van der Waals surface area (Å²) in [5, 5.41) is 6.21. The first kappa shape index (κ1) is 12.8. The van der Waals surface area contributed by atoms with Crippen LogP contribution in [0.1, 0.15) is 34.5 Å². The van der Waals surface area contributed by atoms with Gasteiger partial charge in [0.1, 0.15) is 5.82 Å². The third kappa shape index (κ3) is 2.79. The average molecular weight is 248 g/mol. The third-order valence-electron chi connectivity index (χ3n) is 3.23. The lowest BCUT2D eigenvalue weighted by Gasteiger charge is -2.18. The molecule has 1 heterocycles. The number of primary amides is 1. The number of anilines is 1. The number of fused-ring (bicyclic) bond motifs is 1. The smallest absolute Gasteiger partial charge is 0.252 e. The number of likely N-dealkylation sites (N-methyl/N-ethyl adjacent to an activating group) is 1. The maximum absolute atomic E-state index is 11.5. The molecule has 1 aromatic heterocycles. The van der Waals surface area contributed by atoms with Crippen molar-refractivity contribution in [2.24, 2.45) is 5.73 Å². The van der Waals surface area contributed by atoms with E-state index >= 15 is 0 Å². The Morgan fingerprint density at radius 3 is 2.89 bits per heavy atom. The Hall–Kier alpha value is -1.62. The largest absolute Gasteiger partial charge is 0.368 e. The molecule has 5 heteroatoms. The van der Waals surface area contributed by atoms with Gasteiger partial charge in [-0.05, 0) is 44.4 Å². The van der Waals surface area contributed by atoms with Crippen molar-refractivity contribution in [1.82, 2.24) is 10.3 Å². The highest BCUT2D eigenvalue weighted by Crippen LogP contribution is 2.24. The van der Waals surface area contributed by atoms with Gasteiger partial charge in [-0.3, -0.25) is 4.79 Å². The summed E-state index contributed by atoms with van der Waals surface area (Å²) in [6, 6.07) is 1.91. The Bertz CT molecular complexity index is 445. The molecular formula is C13H20N4O. The zero-order chi connectivity index (χ0) is 13.0. The maximum Gasteiger partial charge on any atom is 0.252 e. The molecule has 0 aliphatic heterocycles. The van der Waals surface area contributed by atoms with E-state index < -0.39 is 5.91 Å². The van der Waals surface area contributed by atoms with Crippen LogP contribution in [-0.2, 0) is 12.8 Å². The molecule has 98 valence electrons. The van der Waals surface area contributed by atoms with Crippen LogP contribution in [-0.4, -0.2) is 31.0 Å². The predicted molar refractivity (Wildman–Crippen MR) is 71.8 cm³/mol. The number of hydrogen-bond donors (Lipinski definition) is 3. The van der Waals surface area contributed by atoms with Gasteiger partial charge in [0.2, 0.25) is 0 Å². The molecule has 0 bridgehead atoms. The topological polar surface area (TPSA) is 80.0 Å². The monoisotopic (exact) mass is 248 g/mol. The van der Waals surface area contributed by atoms with Crippen molar-refractivity contribution in [3.63, 3.8) is 0 Å². The summed E-state index contributed by atoms with van der Waals surface area (Å²) in [5.41, 5.74) is 8.21. The minimum absolute atomic E-state index is 0.414. The summed E-state index contributed by atoms with van der Waals surface area (Å²) in [6.45, 7) is 1.54. The van der Waals surface area contributed by atoms with Crippen LogP contribution >= 0.6 is 0 Å². The number of aromatic nitrogens is 1. The second kappa shape index (κ2) is 5.82. The minimum Gasteiger partial charge on any atom is -0.368 e. The van der Waals surface area contributed by atoms with Crippen molar-refractivity contribution >= 4 is 11.7 Å². The Labute approximate surface area is 107 Å². The van der Waals surface area contributed by atoms with Gasteiger partial charge in [0.25, 0.3) is 5.91 Å². The number of carbonyl (C=O) groups excluding carboxylic acids is 1. The highest BCUT2D eigenvalue weighted by Gasteiger charge is 2.17. The average Bonchev–Trinajstić information content (AvgIpc) is 2.38. The van der Waals surface area contributed by atoms with Crippen LogP contribution in [0.3, 0.4) is 0 Å². The highest BCUT2D eigenvalue weighted by atomic mass is 16.1. The van der Waals surface area contributed by atoms with Crippen molar-refractivity contribution in [2.45, 2.75) is 25.7 Å². The number of aryl methyl sites for hydroxylation is 2. The van der Waals surface area contributed by atoms with Crippen molar-refractivity contribution in [2.75, 3.05) is 25.5 Å². The van der Waals surface area contributed by atoms with Gasteiger partial charge in [0, 0.05) is 18.8 Å². The molecule has 0 spiro atoms. The van der Waals surface area contributed by atoms with E-state index in [-0.39, 0.29) is 0 Å². The van der Waals surface area contributed by atoms with Crippen LogP contribution in [0.4, 0.5) is 5.82 Å². The molecule has 1 aliphatic carbocycles.